The van der Waals surface area contributed by atoms with Crippen molar-refractivity contribution in [2.24, 2.45) is 5.92 Å². The van der Waals surface area contributed by atoms with Crippen LogP contribution in [0.1, 0.15) is 76.6 Å². The van der Waals surface area contributed by atoms with Crippen LogP contribution in [0.2, 0.25) is 0 Å². The Balaban J connectivity index is 1.11. The highest BCUT2D eigenvalue weighted by Gasteiger charge is 2.40. The number of imidazole rings is 2. The van der Waals surface area contributed by atoms with Gasteiger partial charge < -0.3 is 34.9 Å². The maximum atomic E-state index is 13.6. The zero-order valence-electron chi connectivity index (χ0n) is 30.8. The number of amides is 4. The third-order valence-electron chi connectivity index (χ3n) is 10.4. The predicted molar refractivity (Wildman–Crippen MR) is 198 cm³/mol. The molecule has 2 aliphatic rings. The summed E-state index contributed by atoms with van der Waals surface area (Å²) in [6.45, 7) is 6.73. The minimum atomic E-state index is -1.12. The van der Waals surface area contributed by atoms with Crippen molar-refractivity contribution in [3.8, 4) is 33.6 Å². The summed E-state index contributed by atoms with van der Waals surface area (Å²) in [6.07, 6.45) is 5.49. The van der Waals surface area contributed by atoms with E-state index in [1.807, 2.05) is 45.0 Å². The Morgan fingerprint density at radius 3 is 1.70 bits per heavy atom. The normalized spacial score (nSPS) is 18.2. The van der Waals surface area contributed by atoms with E-state index in [-0.39, 0.29) is 29.8 Å². The molecule has 2 aliphatic heterocycles. The molecule has 2 aromatic carbocycles. The van der Waals surface area contributed by atoms with Gasteiger partial charge in [-0.05, 0) is 60.3 Å². The molecule has 4 N–H and O–H groups in total. The number of alkyl carbamates (subject to hydrolysis) is 1. The zero-order valence-corrected chi connectivity index (χ0v) is 30.8. The molecule has 4 heterocycles. The van der Waals surface area contributed by atoms with E-state index >= 15 is 0 Å². The molecule has 4 atom stereocenters. The van der Waals surface area contributed by atoms with Gasteiger partial charge in [-0.15, -0.1) is 0 Å². The number of hydrogen-bond acceptors (Lipinski definition) is 7. The lowest BCUT2D eigenvalue weighted by Crippen LogP contribution is -2.51. The Morgan fingerprint density at radius 1 is 0.830 bits per heavy atom. The van der Waals surface area contributed by atoms with Crippen molar-refractivity contribution in [2.45, 2.75) is 77.0 Å². The fraction of sp³-hybridized carbons (Fsp3) is 0.436. The van der Waals surface area contributed by atoms with E-state index in [1.165, 1.54) is 14.2 Å². The van der Waals surface area contributed by atoms with Crippen molar-refractivity contribution >= 4 is 24.0 Å². The average Bonchev–Trinajstić information content (AvgIpc) is 4.00. The van der Waals surface area contributed by atoms with Gasteiger partial charge in [-0.3, -0.25) is 14.5 Å². The predicted octanol–water partition coefficient (Wildman–Crippen LogP) is 6.23. The molecule has 0 radical (unpaired) electrons. The monoisotopic (exact) mass is 724 g/mol. The summed E-state index contributed by atoms with van der Waals surface area (Å²) in [5, 5.41) is 12.2. The smallest absolute Gasteiger partial charge is 0.407 e. The van der Waals surface area contributed by atoms with E-state index in [0.717, 1.165) is 70.0 Å². The molecule has 2 fully saturated rings. The van der Waals surface area contributed by atoms with Crippen LogP contribution in [0.3, 0.4) is 0 Å². The summed E-state index contributed by atoms with van der Waals surface area (Å²) in [5.41, 5.74) is 5.72. The zero-order chi connectivity index (χ0) is 37.8. The van der Waals surface area contributed by atoms with Gasteiger partial charge in [0.1, 0.15) is 23.7 Å². The fourth-order valence-corrected chi connectivity index (χ4v) is 7.55. The van der Waals surface area contributed by atoms with Crippen LogP contribution in [-0.4, -0.2) is 103 Å². The van der Waals surface area contributed by atoms with Gasteiger partial charge >= 0.3 is 12.2 Å². The number of likely N-dealkylation sites (N-methyl/N-ethyl adjacent to an activating group) is 1. The van der Waals surface area contributed by atoms with Gasteiger partial charge in [-0.25, -0.2) is 19.6 Å². The number of methoxy groups -OCH3 is 1. The van der Waals surface area contributed by atoms with Crippen molar-refractivity contribution in [3.63, 3.8) is 0 Å². The quantitative estimate of drug-likeness (QED) is 0.141. The number of carbonyl (C=O) groups is 4. The Kier molecular flexibility index (Phi) is 11.2. The number of hydrogen-bond donors (Lipinski definition) is 4. The molecule has 0 bridgehead atoms. The Hall–Kier alpha value is -5.66. The first-order chi connectivity index (χ1) is 25.5. The molecule has 0 spiro atoms. The number of nitrogens with zero attached hydrogens (tertiary/aromatic N) is 5. The molecule has 4 amide bonds. The van der Waals surface area contributed by atoms with E-state index < -0.39 is 24.3 Å². The maximum Gasteiger partial charge on any atom is 0.407 e. The largest absolute Gasteiger partial charge is 0.465 e. The molecule has 0 saturated carbocycles. The third-order valence-corrected chi connectivity index (χ3v) is 10.4. The summed E-state index contributed by atoms with van der Waals surface area (Å²) in [4.78, 5) is 71.2. The molecular formula is C39H48N8O6. The lowest BCUT2D eigenvalue weighted by molar-refractivity contribution is -0.138. The SMILES string of the molecule is CCC(NC(=O)OC)C(=O)N1CCCC1c1ncc(-c2ccc(-c3ccc(-c4cnc([C@@H]5CCCN5C(=O)[C@H](C(C)C)N(C)C(=O)O)[nH]4)cc3)cc2)[nH]1. The summed E-state index contributed by atoms with van der Waals surface area (Å²) in [5.74, 6) is 0.906. The van der Waals surface area contributed by atoms with E-state index in [9.17, 15) is 24.3 Å². The minimum absolute atomic E-state index is 0.142. The van der Waals surface area contributed by atoms with Crippen LogP contribution in [0.5, 0.6) is 0 Å². The fourth-order valence-electron chi connectivity index (χ4n) is 7.55. The number of carboxylic acid groups (broad SMARTS) is 1. The van der Waals surface area contributed by atoms with E-state index in [2.05, 4.69) is 49.5 Å². The molecular weight excluding hydrogens is 676 g/mol. The highest BCUT2D eigenvalue weighted by Crippen LogP contribution is 2.35. The van der Waals surface area contributed by atoms with Crippen molar-refractivity contribution in [1.82, 2.24) is 40.0 Å². The number of aromatic amines is 2. The van der Waals surface area contributed by atoms with Crippen LogP contribution in [0.15, 0.2) is 60.9 Å². The lowest BCUT2D eigenvalue weighted by atomic mass is 10.0. The molecule has 14 heteroatoms. The van der Waals surface area contributed by atoms with E-state index in [0.29, 0.717) is 25.3 Å². The maximum absolute atomic E-state index is 13.6. The highest BCUT2D eigenvalue weighted by atomic mass is 16.5. The molecule has 2 saturated heterocycles. The van der Waals surface area contributed by atoms with Gasteiger partial charge in [-0.2, -0.15) is 0 Å². The molecule has 280 valence electrons. The number of rotatable bonds is 11. The standard InChI is InChI=1S/C39H48N8O6/c1-6-28(44-38(50)53-5)36(48)46-19-7-9-31(46)34-40-21-29(42-34)26-15-11-24(12-16-26)25-13-17-27(18-14-25)30-22-41-35(43-30)32-10-8-20-47(32)37(49)33(23(2)3)45(4)39(51)52/h11-18,21-23,28,31-33H,6-10,19-20H2,1-5H3,(H,40,42)(H,41,43)(H,44,50)(H,51,52)/t28?,31?,32-,33-/m0/s1. The second-order valence-corrected chi connectivity index (χ2v) is 14.1. The van der Waals surface area contributed by atoms with Crippen LogP contribution in [0.4, 0.5) is 9.59 Å². The summed E-state index contributed by atoms with van der Waals surface area (Å²) in [6, 6.07) is 14.5. The van der Waals surface area contributed by atoms with Crippen LogP contribution < -0.4 is 5.32 Å². The van der Waals surface area contributed by atoms with Crippen LogP contribution in [0, 0.1) is 5.92 Å². The molecule has 0 aliphatic carbocycles. The van der Waals surface area contributed by atoms with Crippen LogP contribution >= 0.6 is 0 Å². The Bertz CT molecular complexity index is 1920. The van der Waals surface area contributed by atoms with Crippen molar-refractivity contribution in [1.29, 1.82) is 0 Å². The van der Waals surface area contributed by atoms with Crippen LogP contribution in [0.25, 0.3) is 33.6 Å². The molecule has 6 rings (SSSR count). The first kappa shape index (κ1) is 37.1. The van der Waals surface area contributed by atoms with Gasteiger partial charge in [0.05, 0.1) is 43.0 Å². The first-order valence-corrected chi connectivity index (χ1v) is 18.2. The number of aromatic nitrogens is 4. The summed E-state index contributed by atoms with van der Waals surface area (Å²) < 4.78 is 4.70. The number of benzene rings is 2. The number of H-pyrrole nitrogens is 2. The van der Waals surface area contributed by atoms with Crippen molar-refractivity contribution in [2.75, 3.05) is 27.2 Å². The van der Waals surface area contributed by atoms with E-state index in [4.69, 9.17) is 4.74 Å². The molecule has 14 nitrogen and oxygen atoms in total. The van der Waals surface area contributed by atoms with Gasteiger partial charge in [0.15, 0.2) is 0 Å². The molecule has 2 unspecified atom stereocenters. The van der Waals surface area contributed by atoms with Crippen LogP contribution in [-0.2, 0) is 14.3 Å². The molecule has 2 aromatic heterocycles. The lowest BCUT2D eigenvalue weighted by Gasteiger charge is -2.33. The van der Waals surface area contributed by atoms with E-state index in [1.54, 1.807) is 22.2 Å². The summed E-state index contributed by atoms with van der Waals surface area (Å²) in [7, 11) is 2.73. The number of nitrogens with one attached hydrogen (secondary N) is 3. The van der Waals surface area contributed by atoms with Gasteiger partial charge in [0.25, 0.3) is 0 Å². The van der Waals surface area contributed by atoms with Gasteiger partial charge in [0, 0.05) is 20.1 Å². The number of likely N-dealkylation sites (tertiary alicyclic amines) is 2. The van der Waals surface area contributed by atoms with Crippen molar-refractivity contribution < 1.29 is 29.0 Å². The summed E-state index contributed by atoms with van der Waals surface area (Å²) >= 11 is 0. The second-order valence-electron chi connectivity index (χ2n) is 14.1. The first-order valence-electron chi connectivity index (χ1n) is 18.2. The number of carbonyl (C=O) groups excluding carboxylic acids is 3. The minimum Gasteiger partial charge on any atom is -0.465 e. The highest BCUT2D eigenvalue weighted by molar-refractivity contribution is 5.87. The number of ether oxygens (including phenoxy) is 1. The van der Waals surface area contributed by atoms with Gasteiger partial charge in [0.2, 0.25) is 11.8 Å². The topological polar surface area (TPSA) is 177 Å². The molecule has 53 heavy (non-hydrogen) atoms. The third kappa shape index (κ3) is 7.76. The Labute approximate surface area is 308 Å². The Morgan fingerprint density at radius 2 is 1.28 bits per heavy atom. The molecule has 4 aromatic rings. The second kappa shape index (κ2) is 15.9. The average molecular weight is 725 g/mol. The van der Waals surface area contributed by atoms with Crippen molar-refractivity contribution in [3.05, 3.63) is 72.6 Å². The van der Waals surface area contributed by atoms with Gasteiger partial charge in [-0.1, -0.05) is 69.3 Å².